The fourth-order valence-electron chi connectivity index (χ4n) is 14.9. The van der Waals surface area contributed by atoms with Crippen LogP contribution < -0.4 is 42.0 Å². The number of rotatable bonds is 9. The number of nitrogens with one attached hydrogen (secondary N) is 8. The molecule has 6 aliphatic heterocycles. The molecule has 0 radical (unpaired) electrons. The Morgan fingerprint density at radius 2 is 1.12 bits per heavy atom. The van der Waals surface area contributed by atoms with Gasteiger partial charge >= 0.3 is 11.9 Å². The van der Waals surface area contributed by atoms with E-state index in [0.717, 1.165) is 35.3 Å². The van der Waals surface area contributed by atoms with Gasteiger partial charge in [-0.25, -0.2) is 0 Å². The molecule has 1 saturated heterocycles. The largest absolute Gasteiger partial charge is 0.481 e. The number of benzene rings is 1. The molecule has 12 amide bonds. The third kappa shape index (κ3) is 25.0. The predicted octanol–water partition coefficient (Wildman–Crippen LogP) is -3.52. The number of aromatic nitrogens is 1. The number of nitrogens with zero attached hydrogens (tertiary/aromatic N) is 3. The van der Waals surface area contributed by atoms with Crippen LogP contribution in [0, 0.1) is 35.5 Å². The molecule has 0 spiro atoms. The number of H-pyrrole nitrogens is 1. The quantitative estimate of drug-likeness (QED) is 0.0658. The first-order chi connectivity index (χ1) is 57.2. The average molecular weight is 1710 g/mol. The van der Waals surface area contributed by atoms with Crippen molar-refractivity contribution in [2.75, 3.05) is 58.4 Å². The van der Waals surface area contributed by atoms with Crippen molar-refractivity contribution in [3.63, 3.8) is 0 Å². The van der Waals surface area contributed by atoms with Crippen molar-refractivity contribution in [1.82, 2.24) is 56.9 Å². The second-order valence-corrected chi connectivity index (χ2v) is 32.7. The summed E-state index contributed by atoms with van der Waals surface area (Å²) < 4.78 is 33.0. The minimum atomic E-state index is -2.73. The molecule has 121 heavy (non-hydrogen) atoms. The zero-order valence-electron chi connectivity index (χ0n) is 67.9. The van der Waals surface area contributed by atoms with Crippen LogP contribution in [0.25, 0.3) is 10.9 Å². The molecule has 7 heterocycles. The van der Waals surface area contributed by atoms with Crippen LogP contribution in [0.2, 0.25) is 0 Å². The molecule has 17 atom stereocenters. The van der Waals surface area contributed by atoms with Gasteiger partial charge in [-0.3, -0.25) is 115 Å². The van der Waals surface area contributed by atoms with E-state index in [1.807, 2.05) is 0 Å². The molecule has 0 aliphatic carbocycles. The van der Waals surface area contributed by atoms with Gasteiger partial charge in [0.1, 0.15) is 40.7 Å². The molecular weight excluding hydrogens is 1610 g/mol. The second kappa shape index (κ2) is 43.4. The summed E-state index contributed by atoms with van der Waals surface area (Å²) in [7, 11) is -2.73. The average Bonchev–Trinajstić information content (AvgIpc) is 1.62. The Balaban J connectivity index is 1.20. The Kier molecular flexibility index (Phi) is 34.2. The van der Waals surface area contributed by atoms with Crippen LogP contribution in [0.5, 0.6) is 5.75 Å². The lowest BCUT2D eigenvalue weighted by molar-refractivity contribution is -0.156. The van der Waals surface area contributed by atoms with Crippen molar-refractivity contribution in [3.05, 3.63) is 47.6 Å². The highest BCUT2D eigenvalue weighted by molar-refractivity contribution is 7.85. The fraction of sp³-hybridized carbons (Fsp3) is 0.588. The normalized spacial score (nSPS) is 29.0. The van der Waals surface area contributed by atoms with Crippen LogP contribution in [0.4, 0.5) is 0 Å². The van der Waals surface area contributed by atoms with E-state index in [4.69, 9.17) is 14.2 Å². The summed E-state index contributed by atoms with van der Waals surface area (Å²) in [6, 6.07) is -11.1. The monoisotopic (exact) mass is 1710 g/mol. The van der Waals surface area contributed by atoms with Gasteiger partial charge in [-0.2, -0.15) is 0 Å². The summed E-state index contributed by atoms with van der Waals surface area (Å²) in [5.41, 5.74) is -0.517. The molecule has 0 saturated carbocycles. The van der Waals surface area contributed by atoms with Gasteiger partial charge in [-0.15, -0.1) is 0 Å². The summed E-state index contributed by atoms with van der Waals surface area (Å²) in [4.78, 5) is 299. The molecule has 6 aliphatic rings. The van der Waals surface area contributed by atoms with Gasteiger partial charge in [-0.1, -0.05) is 41.0 Å². The summed E-state index contributed by atoms with van der Waals surface area (Å²) in [5.74, 6) is -30.8. The standard InChI is InChI=1S/C80H103N11O29S/c1-8-38(2)71-77(114)82-33-64(104)85-51-37-121(117)78-49(26-45(75(112)81-34-65(105)87-71)28-59(100)72(41(5)60(101)36-92)88-76(113)52-31-47(93)35-89(52)79(115)46(29-58(51)99)30-70(110)111)48-25-44-27-55(96)39(3)23-56(97)42(6)83-62(102)17-21-118-19-9-11-53(94)73(90-66(106)13-14-67(90)107)74(91-68(108)15-16-69(91)109)54(95)12-10-20-119-22-18-63(103)84-43(7)57(98)24-40(4)80(116)120-61(44)32-50(48)86-78/h13-16,25,32,38-43,45-47,51-52,60,71-74,86,92-93,101H,8-12,17-24,26-31,33-37H2,1-7H3,(H,81,112)(H,82,114)(H,83,102)(H,84,103)(H,85,104)(H,87,105)(H,88,113)(H,110,111)/t38-,39?,40?,41?,42?,43?,45+,46-,47+,51-,52-,60-,71-,72-,73?,74?,121?/m0/s1. The molecular formula is C80H103N11O29S. The van der Waals surface area contributed by atoms with Crippen molar-refractivity contribution >= 4 is 145 Å². The zero-order valence-corrected chi connectivity index (χ0v) is 68.7. The maximum atomic E-state index is 15.7. The van der Waals surface area contributed by atoms with Gasteiger partial charge in [0, 0.05) is 143 Å². The van der Waals surface area contributed by atoms with Crippen LogP contribution in [0.1, 0.15) is 143 Å². The molecule has 12 N–H and O–H groups in total. The third-order valence-electron chi connectivity index (χ3n) is 22.1. The highest BCUT2D eigenvalue weighted by Gasteiger charge is 2.51. The Labute approximate surface area is 696 Å². The first-order valence-corrected chi connectivity index (χ1v) is 41.3. The number of hydrogen-bond acceptors (Lipinski definition) is 28. The smallest absolute Gasteiger partial charge is 0.314 e. The zero-order chi connectivity index (χ0) is 89.1. The molecule has 40 nitrogen and oxygen atoms in total. The number of ether oxygens (including phenoxy) is 3. The van der Waals surface area contributed by atoms with E-state index in [-0.39, 0.29) is 80.6 Å². The molecule has 1 aromatic carbocycles. The topological polar surface area (TPSA) is 594 Å². The molecule has 2 bridgehead atoms. The van der Waals surface area contributed by atoms with Gasteiger partial charge in [0.05, 0.1) is 110 Å². The van der Waals surface area contributed by atoms with Crippen molar-refractivity contribution in [3.8, 4) is 5.75 Å². The predicted molar refractivity (Wildman–Crippen MR) is 417 cm³/mol. The van der Waals surface area contributed by atoms with E-state index in [1.54, 1.807) is 13.8 Å². The van der Waals surface area contributed by atoms with Crippen LogP contribution in [-0.2, 0) is 134 Å². The Bertz CT molecular complexity index is 4500. The minimum Gasteiger partial charge on any atom is -0.481 e. The molecule has 8 unspecified atom stereocenters. The van der Waals surface area contributed by atoms with Gasteiger partial charge < -0.3 is 81.7 Å². The number of aromatic amines is 1. The van der Waals surface area contributed by atoms with Gasteiger partial charge in [0.2, 0.25) is 47.3 Å². The SMILES string of the molecule is CC[C@H](C)[C@@H]1NC(=O)CNC(=O)[C@H]2CC(=O)[C@H](C(C)[C@@H](O)CO)NC(=O)[C@@H]3C[C@@H](O)CN3C(=O)[C@H](CC(=O)O)CC(=O)[C@H](CS(=O)c3[nH]c4cc5c(cc4c3C2)CC(=O)C(C)CC(=O)C(C)NC(=O)CCOCCCC(=O)C(N2C(=O)C=CC2=O)C(N2C(=O)C=CC2=O)C(=O)CCCOCCC(=O)NC(C)C(=O)CC(C)C(=O)O5)NC(=O)CNC1=O. The number of esters is 1. The highest BCUT2D eigenvalue weighted by Crippen LogP contribution is 2.37. The summed E-state index contributed by atoms with van der Waals surface area (Å²) in [6.07, 6.45) is -8.05. The maximum absolute atomic E-state index is 15.7. The van der Waals surface area contributed by atoms with E-state index in [2.05, 4.69) is 42.2 Å². The van der Waals surface area contributed by atoms with E-state index in [9.17, 15) is 107 Å². The van der Waals surface area contributed by atoms with Crippen LogP contribution in [-0.4, -0.2) is 287 Å². The van der Waals surface area contributed by atoms with Crippen molar-refractivity contribution in [2.24, 2.45) is 35.5 Å². The Hall–Kier alpha value is -11.1. The van der Waals surface area contributed by atoms with Crippen LogP contribution in [0.15, 0.2) is 41.5 Å². The lowest BCUT2D eigenvalue weighted by Gasteiger charge is -2.35. The number of carbonyl (C=O) groups excluding carboxylic acids is 20. The molecule has 8 rings (SSSR count). The van der Waals surface area contributed by atoms with E-state index in [1.165, 1.54) is 40.7 Å². The second-order valence-electron chi connectivity index (χ2n) is 31.3. The Morgan fingerprint density at radius 3 is 1.66 bits per heavy atom. The number of carboxylic acids is 1. The molecule has 658 valence electrons. The first-order valence-electron chi connectivity index (χ1n) is 40.0. The molecule has 2 aromatic rings. The highest BCUT2D eigenvalue weighted by atomic mass is 32.2. The summed E-state index contributed by atoms with van der Waals surface area (Å²) in [5, 5.41) is 59.5. The molecule has 1 fully saturated rings. The van der Waals surface area contributed by atoms with Crippen LogP contribution >= 0.6 is 0 Å². The lowest BCUT2D eigenvalue weighted by Crippen LogP contribution is -2.61. The fourth-order valence-corrected chi connectivity index (χ4v) is 16.3. The number of fused-ring (bicyclic) bond motifs is 6. The minimum absolute atomic E-state index is 0.0782. The van der Waals surface area contributed by atoms with E-state index in [0.29, 0.717) is 9.80 Å². The number of amides is 12. The number of carbonyl (C=O) groups is 21. The van der Waals surface area contributed by atoms with E-state index >= 15 is 18.6 Å². The molecule has 1 aromatic heterocycles. The third-order valence-corrected chi connectivity index (χ3v) is 23.6. The lowest BCUT2D eigenvalue weighted by atomic mass is 9.85. The van der Waals surface area contributed by atoms with Crippen molar-refractivity contribution in [2.45, 2.75) is 210 Å². The number of aliphatic carboxylic acids is 1. The maximum Gasteiger partial charge on any atom is 0.314 e. The summed E-state index contributed by atoms with van der Waals surface area (Å²) >= 11 is 0. The van der Waals surface area contributed by atoms with E-state index < -0.39 is 337 Å². The van der Waals surface area contributed by atoms with Gasteiger partial charge in [0.25, 0.3) is 23.6 Å². The number of hydrogen-bond donors (Lipinski definition) is 12. The number of aliphatic hydroxyl groups is 3. The number of imide groups is 2. The first kappa shape index (κ1) is 95.3. The van der Waals surface area contributed by atoms with Gasteiger partial charge in [-0.05, 0) is 50.7 Å². The van der Waals surface area contributed by atoms with Crippen molar-refractivity contribution < 1.29 is 140 Å². The summed E-state index contributed by atoms with van der Waals surface area (Å²) in [6.45, 7) is 5.23. The van der Waals surface area contributed by atoms with Crippen molar-refractivity contribution in [1.29, 1.82) is 0 Å². The number of aliphatic hydroxyl groups excluding tert-OH is 3. The number of Topliss-reactive ketones (excluding diaryl/α,β-unsaturated/α-hetero) is 7. The van der Waals surface area contributed by atoms with Crippen LogP contribution in [0.3, 0.4) is 0 Å². The molecule has 41 heteroatoms. The number of ketones is 7. The Morgan fingerprint density at radius 1 is 0.587 bits per heavy atom. The van der Waals surface area contributed by atoms with Gasteiger partial charge in [0.15, 0.2) is 34.7 Å². The number of carboxylic acid groups (broad SMARTS) is 1.